The predicted octanol–water partition coefficient (Wildman–Crippen LogP) is 6.17. The maximum Gasteiger partial charge on any atom is 0.228 e. The van der Waals surface area contributed by atoms with E-state index in [1.807, 2.05) is 20.8 Å². The van der Waals surface area contributed by atoms with Crippen LogP contribution < -0.4 is 10.1 Å². The highest BCUT2D eigenvalue weighted by Gasteiger charge is 2.18. The van der Waals surface area contributed by atoms with E-state index in [2.05, 4.69) is 20.4 Å². The van der Waals surface area contributed by atoms with Crippen molar-refractivity contribution >= 4 is 33.3 Å². The first-order chi connectivity index (χ1) is 19.1. The molecule has 8 nitrogen and oxygen atoms in total. The molecule has 1 unspecified atom stereocenters. The molecule has 0 radical (unpaired) electrons. The van der Waals surface area contributed by atoms with Crippen molar-refractivity contribution in [3.05, 3.63) is 96.5 Å². The van der Waals surface area contributed by atoms with E-state index >= 15 is 4.39 Å². The predicted molar refractivity (Wildman–Crippen MR) is 151 cm³/mol. The fourth-order valence-electron chi connectivity index (χ4n) is 4.19. The van der Waals surface area contributed by atoms with Crippen LogP contribution in [0.5, 0.6) is 11.5 Å². The Morgan fingerprint density at radius 3 is 2.60 bits per heavy atom. The number of halogens is 1. The fraction of sp³-hybridized carbons (Fsp3) is 0.200. The number of aromatic nitrogens is 4. The Morgan fingerprint density at radius 1 is 1.07 bits per heavy atom. The highest BCUT2D eigenvalue weighted by Crippen LogP contribution is 2.34. The largest absolute Gasteiger partial charge is 0.453 e. The standard InChI is InChI=1S/C30H28FN5O3S/c1-19-12-20(14-28(37)35-21-16-34-36(18-21)30(2,3)4)13-25(31)29(19)39-27-9-11-33-26-8-7-22(15-24(26)27)40(38)23-6-5-10-32-17-23/h5-13,15-18H,14H2,1-4H3,(H,35,37). The molecule has 1 amide bonds. The lowest BCUT2D eigenvalue weighted by atomic mass is 10.1. The molecule has 0 aliphatic carbocycles. The van der Waals surface area contributed by atoms with Crippen molar-refractivity contribution in [2.24, 2.45) is 0 Å². The number of carbonyl (C=O) groups excluding carboxylic acids is 1. The van der Waals surface area contributed by atoms with Gasteiger partial charge in [-0.2, -0.15) is 5.10 Å². The van der Waals surface area contributed by atoms with Crippen LogP contribution in [0.3, 0.4) is 0 Å². The molecule has 0 fully saturated rings. The number of fused-ring (bicyclic) bond motifs is 1. The lowest BCUT2D eigenvalue weighted by Gasteiger charge is -2.18. The fourth-order valence-corrected chi connectivity index (χ4v) is 5.23. The maximum absolute atomic E-state index is 15.3. The number of benzene rings is 2. The first-order valence-corrected chi connectivity index (χ1v) is 13.8. The second kappa shape index (κ2) is 11.0. The van der Waals surface area contributed by atoms with Gasteiger partial charge in [0.2, 0.25) is 5.91 Å². The minimum atomic E-state index is -1.46. The minimum Gasteiger partial charge on any atom is -0.453 e. The third-order valence-electron chi connectivity index (χ3n) is 6.16. The molecule has 0 spiro atoms. The average molecular weight is 558 g/mol. The summed E-state index contributed by atoms with van der Waals surface area (Å²) in [6.07, 6.45) is 8.08. The first-order valence-electron chi connectivity index (χ1n) is 12.6. The third-order valence-corrected chi connectivity index (χ3v) is 7.51. The van der Waals surface area contributed by atoms with Gasteiger partial charge >= 0.3 is 0 Å². The summed E-state index contributed by atoms with van der Waals surface area (Å²) in [5.74, 6) is -0.459. The number of hydrogen-bond donors (Lipinski definition) is 1. The number of hydrogen-bond acceptors (Lipinski definition) is 6. The van der Waals surface area contributed by atoms with Crippen LogP contribution in [0.1, 0.15) is 31.9 Å². The Balaban J connectivity index is 1.36. The van der Waals surface area contributed by atoms with Crippen molar-refractivity contribution in [2.45, 2.75) is 49.4 Å². The van der Waals surface area contributed by atoms with Gasteiger partial charge in [0.25, 0.3) is 0 Å². The summed E-state index contributed by atoms with van der Waals surface area (Å²) in [5, 5.41) is 7.68. The topological polar surface area (TPSA) is 99.0 Å². The number of ether oxygens (including phenoxy) is 1. The number of aryl methyl sites for hydroxylation is 1. The monoisotopic (exact) mass is 557 g/mol. The summed E-state index contributed by atoms with van der Waals surface area (Å²) in [7, 11) is -1.46. The zero-order valence-electron chi connectivity index (χ0n) is 22.5. The Labute approximate surface area is 233 Å². The van der Waals surface area contributed by atoms with Crippen LogP contribution in [-0.4, -0.2) is 29.9 Å². The molecule has 0 aliphatic rings. The van der Waals surface area contributed by atoms with Gasteiger partial charge in [0.05, 0.1) is 45.1 Å². The molecule has 10 heteroatoms. The second-order valence-electron chi connectivity index (χ2n) is 10.3. The van der Waals surface area contributed by atoms with Crippen LogP contribution in [0.25, 0.3) is 10.9 Å². The lowest BCUT2D eigenvalue weighted by molar-refractivity contribution is -0.115. The number of amides is 1. The summed E-state index contributed by atoms with van der Waals surface area (Å²) in [5.41, 5.74) is 2.02. The van der Waals surface area contributed by atoms with Crippen LogP contribution in [0.15, 0.2) is 89.3 Å². The van der Waals surface area contributed by atoms with Gasteiger partial charge in [-0.1, -0.05) is 6.07 Å². The van der Waals surface area contributed by atoms with Crippen molar-refractivity contribution in [3.63, 3.8) is 0 Å². The zero-order valence-corrected chi connectivity index (χ0v) is 23.3. The van der Waals surface area contributed by atoms with E-state index in [9.17, 15) is 9.00 Å². The quantitative estimate of drug-likeness (QED) is 0.257. The van der Waals surface area contributed by atoms with Gasteiger partial charge in [-0.15, -0.1) is 0 Å². The summed E-state index contributed by atoms with van der Waals surface area (Å²) in [6.45, 7) is 7.76. The third kappa shape index (κ3) is 5.91. The molecular weight excluding hydrogens is 529 g/mol. The van der Waals surface area contributed by atoms with Crippen molar-refractivity contribution in [3.8, 4) is 11.5 Å². The molecule has 204 valence electrons. The molecule has 40 heavy (non-hydrogen) atoms. The van der Waals surface area contributed by atoms with Gasteiger partial charge in [-0.25, -0.2) is 8.60 Å². The molecule has 0 aliphatic heterocycles. The Bertz CT molecular complexity index is 1710. The van der Waals surface area contributed by atoms with Crippen molar-refractivity contribution < 1.29 is 18.1 Å². The van der Waals surface area contributed by atoms with Crippen LogP contribution in [-0.2, 0) is 27.6 Å². The number of anilines is 1. The molecule has 5 aromatic rings. The Morgan fingerprint density at radius 2 is 1.90 bits per heavy atom. The normalized spacial score (nSPS) is 12.3. The number of pyridine rings is 2. The van der Waals surface area contributed by atoms with Crippen LogP contribution in [0.4, 0.5) is 10.1 Å². The van der Waals surface area contributed by atoms with Gasteiger partial charge in [0, 0.05) is 35.1 Å². The highest BCUT2D eigenvalue weighted by molar-refractivity contribution is 7.85. The number of rotatable bonds is 7. The minimum absolute atomic E-state index is 0.0134. The van der Waals surface area contributed by atoms with E-state index < -0.39 is 16.6 Å². The summed E-state index contributed by atoms with van der Waals surface area (Å²) in [4.78, 5) is 22.2. The molecule has 5 rings (SSSR count). The zero-order chi connectivity index (χ0) is 28.4. The van der Waals surface area contributed by atoms with Gasteiger partial charge in [-0.3, -0.25) is 19.4 Å². The van der Waals surface area contributed by atoms with Crippen molar-refractivity contribution in [2.75, 3.05) is 5.32 Å². The molecule has 3 heterocycles. The molecule has 1 atom stereocenters. The van der Waals surface area contributed by atoms with Gasteiger partial charge < -0.3 is 10.1 Å². The smallest absolute Gasteiger partial charge is 0.228 e. The second-order valence-corrected chi connectivity index (χ2v) is 11.8. The molecule has 2 aromatic carbocycles. The van der Waals surface area contributed by atoms with Crippen molar-refractivity contribution in [1.29, 1.82) is 0 Å². The first kappa shape index (κ1) is 27.1. The van der Waals surface area contributed by atoms with Gasteiger partial charge in [-0.05, 0) is 81.3 Å². The molecule has 1 N–H and O–H groups in total. The summed E-state index contributed by atoms with van der Waals surface area (Å²) in [6, 6.07) is 13.3. The van der Waals surface area contributed by atoms with E-state index in [1.54, 1.807) is 85.1 Å². The van der Waals surface area contributed by atoms with E-state index in [0.29, 0.717) is 43.3 Å². The molecular formula is C30H28FN5O3S. The van der Waals surface area contributed by atoms with Crippen molar-refractivity contribution in [1.82, 2.24) is 19.7 Å². The lowest BCUT2D eigenvalue weighted by Crippen LogP contribution is -2.22. The number of nitrogens with one attached hydrogen (secondary N) is 1. The molecule has 3 aromatic heterocycles. The molecule has 0 saturated heterocycles. The van der Waals surface area contributed by atoms with Gasteiger partial charge in [0.1, 0.15) is 5.75 Å². The SMILES string of the molecule is Cc1cc(CC(=O)Nc2cnn(C(C)(C)C)c2)cc(F)c1Oc1ccnc2ccc(S(=O)c3cccnc3)cc12. The molecule has 0 saturated carbocycles. The van der Waals surface area contributed by atoms with Crippen LogP contribution >= 0.6 is 0 Å². The van der Waals surface area contributed by atoms with Gasteiger partial charge in [0.15, 0.2) is 11.6 Å². The van der Waals surface area contributed by atoms with Crippen LogP contribution in [0.2, 0.25) is 0 Å². The maximum atomic E-state index is 15.3. The number of carbonyl (C=O) groups is 1. The van der Waals surface area contributed by atoms with Crippen LogP contribution in [0, 0.1) is 12.7 Å². The van der Waals surface area contributed by atoms with E-state index in [0.717, 1.165) is 0 Å². The van der Waals surface area contributed by atoms with E-state index in [4.69, 9.17) is 4.74 Å². The van der Waals surface area contributed by atoms with E-state index in [1.165, 1.54) is 6.07 Å². The number of nitrogens with zero attached hydrogens (tertiary/aromatic N) is 4. The Kier molecular flexibility index (Phi) is 7.44. The van der Waals surface area contributed by atoms with E-state index in [-0.39, 0.29) is 23.6 Å². The highest BCUT2D eigenvalue weighted by atomic mass is 32.2. The summed E-state index contributed by atoms with van der Waals surface area (Å²) < 4.78 is 36.2. The average Bonchev–Trinajstić information content (AvgIpc) is 3.39. The Hall–Kier alpha value is -4.44. The summed E-state index contributed by atoms with van der Waals surface area (Å²) >= 11 is 0. The molecule has 0 bridgehead atoms.